The monoisotopic (exact) mass is 456 g/mol. The van der Waals surface area contributed by atoms with Crippen LogP contribution in [0, 0.1) is 0 Å². The molecule has 0 aliphatic heterocycles. The zero-order valence-corrected chi connectivity index (χ0v) is 21.3. The topological polar surface area (TPSA) is 50.5 Å². The summed E-state index contributed by atoms with van der Waals surface area (Å²) in [5.41, 5.74) is 1.18. The van der Waals surface area contributed by atoms with Crippen molar-refractivity contribution in [2.24, 2.45) is 4.99 Å². The number of hydrogen-bond acceptors (Lipinski definition) is 5. The van der Waals surface area contributed by atoms with Gasteiger partial charge in [-0.25, -0.2) is 4.98 Å². The van der Waals surface area contributed by atoms with E-state index in [0.717, 1.165) is 37.2 Å². The van der Waals surface area contributed by atoms with Crippen LogP contribution in [0.25, 0.3) is 0 Å². The minimum absolute atomic E-state index is 0.0233. The molecule has 0 aliphatic carbocycles. The lowest BCUT2D eigenvalue weighted by atomic mass is 10.2. The van der Waals surface area contributed by atoms with Crippen LogP contribution < -0.4 is 0 Å². The van der Waals surface area contributed by atoms with Crippen molar-refractivity contribution < 1.29 is 4.79 Å². The highest BCUT2D eigenvalue weighted by Gasteiger charge is 2.10. The fourth-order valence-electron chi connectivity index (χ4n) is 3.18. The van der Waals surface area contributed by atoms with Gasteiger partial charge in [0.2, 0.25) is 0 Å². The van der Waals surface area contributed by atoms with Crippen molar-refractivity contribution in [3.63, 3.8) is 0 Å². The maximum absolute atomic E-state index is 12.3. The predicted octanol–water partition coefficient (Wildman–Crippen LogP) is 6.63. The number of nitrogens with zero attached hydrogens (tertiary/aromatic N) is 4. The second-order valence-electron chi connectivity index (χ2n) is 7.18. The third-order valence-corrected chi connectivity index (χ3v) is 5.86. The third kappa shape index (κ3) is 9.77. The van der Waals surface area contributed by atoms with Crippen LogP contribution in [-0.4, -0.2) is 46.7 Å². The molecule has 0 aromatic carbocycles. The zero-order valence-electron chi connectivity index (χ0n) is 20.5. The number of aromatic nitrogens is 2. The number of aliphatic imine (C=N–C) groups is 1. The number of thiophene rings is 1. The number of unbranched alkanes of at least 4 members (excludes halogenated alkanes) is 2. The van der Waals surface area contributed by atoms with Crippen LogP contribution in [0.2, 0.25) is 0 Å². The van der Waals surface area contributed by atoms with Gasteiger partial charge in [-0.3, -0.25) is 14.4 Å². The summed E-state index contributed by atoms with van der Waals surface area (Å²) in [6, 6.07) is 3.95. The van der Waals surface area contributed by atoms with Crippen LogP contribution in [-0.2, 0) is 6.42 Å². The van der Waals surface area contributed by atoms with E-state index in [1.54, 1.807) is 23.7 Å². The summed E-state index contributed by atoms with van der Waals surface area (Å²) < 4.78 is 1.51. The summed E-state index contributed by atoms with van der Waals surface area (Å²) in [5.74, 6) is -0.0233. The number of carbonyl (C=O) groups excluding carboxylic acids is 1. The van der Waals surface area contributed by atoms with Crippen molar-refractivity contribution in [3.05, 3.63) is 64.5 Å². The van der Waals surface area contributed by atoms with Crippen LogP contribution >= 0.6 is 11.3 Å². The molecular weight excluding hydrogens is 416 g/mol. The second kappa shape index (κ2) is 17.1. The lowest BCUT2D eigenvalue weighted by molar-refractivity contribution is 0.0964. The first-order chi connectivity index (χ1) is 15.7. The van der Waals surface area contributed by atoms with Gasteiger partial charge in [-0.2, -0.15) is 0 Å². The molecule has 176 valence electrons. The molecule has 0 radical (unpaired) electrons. The largest absolute Gasteiger partial charge is 0.370 e. The molecule has 0 fully saturated rings. The van der Waals surface area contributed by atoms with Crippen molar-refractivity contribution >= 4 is 23.5 Å². The van der Waals surface area contributed by atoms with E-state index in [0.29, 0.717) is 0 Å². The molecule has 2 aromatic heterocycles. The second-order valence-corrected chi connectivity index (χ2v) is 8.35. The Morgan fingerprint density at radius 1 is 1.19 bits per heavy atom. The molecule has 0 spiro atoms. The molecule has 32 heavy (non-hydrogen) atoms. The lowest BCUT2D eigenvalue weighted by Gasteiger charge is -2.24. The van der Waals surface area contributed by atoms with Gasteiger partial charge in [0.25, 0.3) is 5.91 Å². The minimum Gasteiger partial charge on any atom is -0.370 e. The molecule has 0 unspecified atom stereocenters. The molecule has 6 heteroatoms. The van der Waals surface area contributed by atoms with E-state index in [1.807, 2.05) is 39.2 Å². The standard InChI is InChI=1S/C24H34N4OS.C2H6/c1-4-6-10-17-27(16-5-2)21(19-25-3)11-8-7-9-12-22-13-14-23(30-22)24(29)28-18-15-26-20-28;1-2/h7-8,11,13-15,18-20H,4-6,9-10,12,16-17H2,1-3H3;1-2H3/b8-7+,21-11+,25-19?;. The number of carbonyl (C=O) groups is 1. The van der Waals surface area contributed by atoms with E-state index in [-0.39, 0.29) is 5.91 Å². The van der Waals surface area contributed by atoms with Crippen LogP contribution in [0.1, 0.15) is 74.3 Å². The fourth-order valence-corrected chi connectivity index (χ4v) is 4.14. The average molecular weight is 457 g/mol. The molecule has 5 nitrogen and oxygen atoms in total. The van der Waals surface area contributed by atoms with Gasteiger partial charge in [-0.1, -0.05) is 52.7 Å². The quantitative estimate of drug-likeness (QED) is 0.193. The molecule has 0 bridgehead atoms. The number of imidazole rings is 1. The van der Waals surface area contributed by atoms with Crippen molar-refractivity contribution in [1.29, 1.82) is 0 Å². The van der Waals surface area contributed by atoms with Crippen molar-refractivity contribution in [1.82, 2.24) is 14.5 Å². The van der Waals surface area contributed by atoms with Crippen LogP contribution in [0.4, 0.5) is 0 Å². The van der Waals surface area contributed by atoms with Gasteiger partial charge in [0.15, 0.2) is 0 Å². The minimum atomic E-state index is -0.0233. The van der Waals surface area contributed by atoms with Crippen molar-refractivity contribution in [2.75, 3.05) is 20.1 Å². The highest BCUT2D eigenvalue weighted by molar-refractivity contribution is 7.14. The number of aryl methyl sites for hydroxylation is 1. The summed E-state index contributed by atoms with van der Waals surface area (Å²) in [7, 11) is 1.83. The van der Waals surface area contributed by atoms with Crippen LogP contribution in [0.5, 0.6) is 0 Å². The Morgan fingerprint density at radius 3 is 2.66 bits per heavy atom. The normalized spacial score (nSPS) is 11.7. The first-order valence-corrected chi connectivity index (χ1v) is 12.7. The maximum atomic E-state index is 12.3. The Morgan fingerprint density at radius 2 is 2.00 bits per heavy atom. The summed E-state index contributed by atoms with van der Waals surface area (Å²) in [6.07, 6.45) is 20.0. The van der Waals surface area contributed by atoms with E-state index in [4.69, 9.17) is 0 Å². The molecular formula is C26H40N4OS. The first-order valence-electron chi connectivity index (χ1n) is 11.8. The molecule has 2 rings (SSSR count). The van der Waals surface area contributed by atoms with Crippen LogP contribution in [0.3, 0.4) is 0 Å². The molecule has 2 aromatic rings. The summed E-state index contributed by atoms with van der Waals surface area (Å²) in [6.45, 7) is 10.6. The smallest absolute Gasteiger partial charge is 0.273 e. The average Bonchev–Trinajstić information content (AvgIpc) is 3.51. The fraction of sp³-hybridized carbons (Fsp3) is 0.500. The Labute approximate surface area is 198 Å². The number of rotatable bonds is 13. The first kappa shape index (κ1) is 27.6. The van der Waals surface area contributed by atoms with E-state index >= 15 is 0 Å². The van der Waals surface area contributed by atoms with E-state index in [9.17, 15) is 4.79 Å². The van der Waals surface area contributed by atoms with Gasteiger partial charge in [0, 0.05) is 43.6 Å². The summed E-state index contributed by atoms with van der Waals surface area (Å²) in [5, 5.41) is 0. The zero-order chi connectivity index (χ0) is 23.6. The molecule has 0 aliphatic rings. The molecule has 0 saturated carbocycles. The lowest BCUT2D eigenvalue weighted by Crippen LogP contribution is -2.26. The maximum Gasteiger partial charge on any atom is 0.273 e. The van der Waals surface area contributed by atoms with E-state index in [1.165, 1.54) is 40.7 Å². The van der Waals surface area contributed by atoms with Gasteiger partial charge >= 0.3 is 0 Å². The van der Waals surface area contributed by atoms with Gasteiger partial charge in [0.1, 0.15) is 6.33 Å². The van der Waals surface area contributed by atoms with Crippen LogP contribution in [0.15, 0.2) is 59.8 Å². The van der Waals surface area contributed by atoms with Gasteiger partial charge in [0.05, 0.1) is 10.6 Å². The predicted molar refractivity (Wildman–Crippen MR) is 139 cm³/mol. The molecule has 0 saturated heterocycles. The van der Waals surface area contributed by atoms with Gasteiger partial charge < -0.3 is 4.90 Å². The van der Waals surface area contributed by atoms with Crippen molar-refractivity contribution in [2.45, 2.75) is 66.2 Å². The van der Waals surface area contributed by atoms with E-state index < -0.39 is 0 Å². The molecule has 0 N–H and O–H groups in total. The third-order valence-electron chi connectivity index (χ3n) is 4.72. The SMILES string of the molecule is CC.CCCCCN(CCC)/C(C=NC)=C/C=C/CCc1ccc(C(=O)n2ccnc2)s1. The summed E-state index contributed by atoms with van der Waals surface area (Å²) >= 11 is 1.56. The van der Waals surface area contributed by atoms with Gasteiger partial charge in [-0.05, 0) is 43.9 Å². The molecule has 2 heterocycles. The Bertz CT molecular complexity index is 834. The number of allylic oxidation sites excluding steroid dienone is 4. The number of hydrogen-bond donors (Lipinski definition) is 0. The Kier molecular flexibility index (Phi) is 14.8. The summed E-state index contributed by atoms with van der Waals surface area (Å²) in [4.78, 5) is 24.9. The van der Waals surface area contributed by atoms with Crippen molar-refractivity contribution in [3.8, 4) is 0 Å². The highest BCUT2D eigenvalue weighted by atomic mass is 32.1. The molecule has 0 atom stereocenters. The molecule has 0 amide bonds. The Balaban J connectivity index is 0.00000249. The van der Waals surface area contributed by atoms with Gasteiger partial charge in [-0.15, -0.1) is 11.3 Å². The Hall–Kier alpha value is -2.47. The highest BCUT2D eigenvalue weighted by Crippen LogP contribution is 2.19. The van der Waals surface area contributed by atoms with E-state index in [2.05, 4.69) is 47.0 Å².